The standard InChI is InChI=1S/C18H26N4O3/c1-25-12-11-21-9-2-5-18(17(21)24)6-10-22(14-18)16(23)4-3-15-13-19-7-8-20-15/h7-8,13H,2-6,9-12,14H2,1H3/t18-/m0/s1. The number of amides is 2. The molecule has 25 heavy (non-hydrogen) atoms. The number of rotatable bonds is 6. The van der Waals surface area contributed by atoms with Crippen LogP contribution in [0.15, 0.2) is 18.6 Å². The molecule has 2 fully saturated rings. The van der Waals surface area contributed by atoms with Gasteiger partial charge in [-0.1, -0.05) is 0 Å². The molecular formula is C18H26N4O3. The van der Waals surface area contributed by atoms with E-state index in [1.54, 1.807) is 25.7 Å². The highest BCUT2D eigenvalue weighted by atomic mass is 16.5. The van der Waals surface area contributed by atoms with E-state index in [-0.39, 0.29) is 17.2 Å². The van der Waals surface area contributed by atoms with Crippen LogP contribution in [-0.4, -0.2) is 71.5 Å². The summed E-state index contributed by atoms with van der Waals surface area (Å²) in [5.74, 6) is 0.296. The van der Waals surface area contributed by atoms with Crippen molar-refractivity contribution in [2.75, 3.05) is 39.9 Å². The van der Waals surface area contributed by atoms with Crippen LogP contribution in [0.3, 0.4) is 0 Å². The minimum atomic E-state index is -0.381. The van der Waals surface area contributed by atoms with E-state index < -0.39 is 0 Å². The topological polar surface area (TPSA) is 75.6 Å². The minimum Gasteiger partial charge on any atom is -0.383 e. The van der Waals surface area contributed by atoms with Crippen molar-refractivity contribution in [2.24, 2.45) is 5.41 Å². The lowest BCUT2D eigenvalue weighted by Crippen LogP contribution is -2.51. The van der Waals surface area contributed by atoms with Crippen LogP contribution in [0, 0.1) is 5.41 Å². The summed E-state index contributed by atoms with van der Waals surface area (Å²) in [5.41, 5.74) is 0.443. The normalized spacial score (nSPS) is 23.5. The fraction of sp³-hybridized carbons (Fsp3) is 0.667. The van der Waals surface area contributed by atoms with Crippen LogP contribution in [0.5, 0.6) is 0 Å². The highest BCUT2D eigenvalue weighted by molar-refractivity contribution is 5.86. The highest BCUT2D eigenvalue weighted by Gasteiger charge is 2.49. The number of likely N-dealkylation sites (tertiary alicyclic amines) is 2. The Kier molecular flexibility index (Phi) is 5.63. The average Bonchev–Trinajstić information content (AvgIpc) is 3.07. The molecular weight excluding hydrogens is 320 g/mol. The van der Waals surface area contributed by atoms with Gasteiger partial charge in [-0.15, -0.1) is 0 Å². The van der Waals surface area contributed by atoms with Gasteiger partial charge in [-0.25, -0.2) is 0 Å². The maximum atomic E-state index is 12.9. The monoisotopic (exact) mass is 346 g/mol. The Hall–Kier alpha value is -2.02. The van der Waals surface area contributed by atoms with Crippen molar-refractivity contribution in [3.63, 3.8) is 0 Å². The zero-order chi connectivity index (χ0) is 17.7. The third kappa shape index (κ3) is 3.98. The van der Waals surface area contributed by atoms with Crippen LogP contribution >= 0.6 is 0 Å². The lowest BCUT2D eigenvalue weighted by atomic mass is 9.78. The molecule has 1 aromatic rings. The Balaban J connectivity index is 1.56. The fourth-order valence-corrected chi connectivity index (χ4v) is 3.88. The summed E-state index contributed by atoms with van der Waals surface area (Å²) in [5, 5.41) is 0. The van der Waals surface area contributed by atoms with Gasteiger partial charge in [0.15, 0.2) is 0 Å². The second-order valence-corrected chi connectivity index (χ2v) is 6.93. The summed E-state index contributed by atoms with van der Waals surface area (Å²) in [4.78, 5) is 37.4. The summed E-state index contributed by atoms with van der Waals surface area (Å²) in [7, 11) is 1.65. The summed E-state index contributed by atoms with van der Waals surface area (Å²) in [6.07, 6.45) is 8.60. The van der Waals surface area contributed by atoms with E-state index in [9.17, 15) is 9.59 Å². The SMILES string of the molecule is COCCN1CCC[C@@]2(CCN(C(=O)CCc3cnccn3)C2)C1=O. The van der Waals surface area contributed by atoms with Crippen molar-refractivity contribution in [1.82, 2.24) is 19.8 Å². The third-order valence-corrected chi connectivity index (χ3v) is 5.31. The number of nitrogens with zero attached hydrogens (tertiary/aromatic N) is 4. The Morgan fingerprint density at radius 2 is 2.20 bits per heavy atom. The van der Waals surface area contributed by atoms with Crippen LogP contribution < -0.4 is 0 Å². The summed E-state index contributed by atoms with van der Waals surface area (Å²) < 4.78 is 5.11. The molecule has 0 unspecified atom stereocenters. The summed E-state index contributed by atoms with van der Waals surface area (Å²) in [6, 6.07) is 0. The molecule has 0 bridgehead atoms. The number of methoxy groups -OCH3 is 1. The first-order valence-electron chi connectivity index (χ1n) is 8.96. The first-order valence-corrected chi connectivity index (χ1v) is 8.96. The zero-order valence-electron chi connectivity index (χ0n) is 14.8. The van der Waals surface area contributed by atoms with Gasteiger partial charge < -0.3 is 14.5 Å². The van der Waals surface area contributed by atoms with Gasteiger partial charge in [-0.3, -0.25) is 19.6 Å². The van der Waals surface area contributed by atoms with Crippen molar-refractivity contribution in [3.8, 4) is 0 Å². The minimum absolute atomic E-state index is 0.101. The van der Waals surface area contributed by atoms with Crippen molar-refractivity contribution in [1.29, 1.82) is 0 Å². The molecule has 1 spiro atoms. The Bertz CT molecular complexity index is 610. The lowest BCUT2D eigenvalue weighted by molar-refractivity contribution is -0.146. The highest BCUT2D eigenvalue weighted by Crippen LogP contribution is 2.40. The van der Waals surface area contributed by atoms with Gasteiger partial charge in [0.2, 0.25) is 11.8 Å². The van der Waals surface area contributed by atoms with Gasteiger partial charge >= 0.3 is 0 Å². The third-order valence-electron chi connectivity index (χ3n) is 5.31. The number of carbonyl (C=O) groups excluding carboxylic acids is 2. The van der Waals surface area contributed by atoms with Gasteiger partial charge in [0.25, 0.3) is 0 Å². The van der Waals surface area contributed by atoms with Gasteiger partial charge in [0.1, 0.15) is 0 Å². The van der Waals surface area contributed by atoms with Crippen molar-refractivity contribution in [3.05, 3.63) is 24.3 Å². The predicted molar refractivity (Wildman–Crippen MR) is 91.7 cm³/mol. The summed E-state index contributed by atoms with van der Waals surface area (Å²) >= 11 is 0. The number of carbonyl (C=O) groups is 2. The second kappa shape index (κ2) is 7.91. The predicted octanol–water partition coefficient (Wildman–Crippen LogP) is 0.897. The van der Waals surface area contributed by atoms with E-state index in [1.165, 1.54) is 0 Å². The second-order valence-electron chi connectivity index (χ2n) is 6.93. The molecule has 3 heterocycles. The maximum Gasteiger partial charge on any atom is 0.230 e. The Morgan fingerprint density at radius 1 is 1.32 bits per heavy atom. The first-order chi connectivity index (χ1) is 12.1. The molecule has 2 aliphatic heterocycles. The van der Waals surface area contributed by atoms with Gasteiger partial charge in [-0.2, -0.15) is 0 Å². The molecule has 136 valence electrons. The molecule has 0 saturated carbocycles. The molecule has 7 heteroatoms. The zero-order valence-corrected chi connectivity index (χ0v) is 14.8. The molecule has 0 N–H and O–H groups in total. The van der Waals surface area contributed by atoms with Crippen LogP contribution in [0.25, 0.3) is 0 Å². The van der Waals surface area contributed by atoms with E-state index >= 15 is 0 Å². The number of piperidine rings is 1. The van der Waals surface area contributed by atoms with E-state index in [2.05, 4.69) is 9.97 Å². The van der Waals surface area contributed by atoms with Crippen LogP contribution in [0.2, 0.25) is 0 Å². The molecule has 3 rings (SSSR count). The maximum absolute atomic E-state index is 12.9. The van der Waals surface area contributed by atoms with Crippen LogP contribution in [0.1, 0.15) is 31.4 Å². The lowest BCUT2D eigenvalue weighted by Gasteiger charge is -2.39. The van der Waals surface area contributed by atoms with Crippen molar-refractivity contribution >= 4 is 11.8 Å². The van der Waals surface area contributed by atoms with E-state index in [0.29, 0.717) is 39.1 Å². The molecule has 2 saturated heterocycles. The molecule has 1 atom stereocenters. The Labute approximate surface area is 148 Å². The molecule has 2 aliphatic rings. The van der Waals surface area contributed by atoms with Gasteiger partial charge in [-0.05, 0) is 25.7 Å². The molecule has 0 aromatic carbocycles. The molecule has 0 aliphatic carbocycles. The number of aryl methyl sites for hydroxylation is 1. The largest absolute Gasteiger partial charge is 0.383 e. The van der Waals surface area contributed by atoms with Crippen molar-refractivity contribution in [2.45, 2.75) is 32.1 Å². The number of hydrogen-bond acceptors (Lipinski definition) is 5. The molecule has 2 amide bonds. The van der Waals surface area contributed by atoms with Gasteiger partial charge in [0.05, 0.1) is 17.7 Å². The van der Waals surface area contributed by atoms with Crippen molar-refractivity contribution < 1.29 is 14.3 Å². The quantitative estimate of drug-likeness (QED) is 0.765. The van der Waals surface area contributed by atoms with Crippen LogP contribution in [-0.2, 0) is 20.7 Å². The first kappa shape index (κ1) is 17.8. The van der Waals surface area contributed by atoms with E-state index in [4.69, 9.17) is 4.74 Å². The van der Waals surface area contributed by atoms with Crippen LogP contribution in [0.4, 0.5) is 0 Å². The molecule has 7 nitrogen and oxygen atoms in total. The number of ether oxygens (including phenoxy) is 1. The molecule has 0 radical (unpaired) electrons. The molecule has 1 aromatic heterocycles. The summed E-state index contributed by atoms with van der Waals surface area (Å²) in [6.45, 7) is 3.21. The fourth-order valence-electron chi connectivity index (χ4n) is 3.88. The average molecular weight is 346 g/mol. The van der Waals surface area contributed by atoms with E-state index in [0.717, 1.165) is 31.5 Å². The number of hydrogen-bond donors (Lipinski definition) is 0. The number of aromatic nitrogens is 2. The van der Waals surface area contributed by atoms with E-state index in [1.807, 2.05) is 9.80 Å². The Morgan fingerprint density at radius 3 is 2.96 bits per heavy atom. The smallest absolute Gasteiger partial charge is 0.230 e. The van der Waals surface area contributed by atoms with Gasteiger partial charge in [0, 0.05) is 58.3 Å².